The Labute approximate surface area is 166 Å². The topological polar surface area (TPSA) is 76.0 Å². The molecule has 1 heterocycles. The van der Waals surface area contributed by atoms with Crippen molar-refractivity contribution in [3.8, 4) is 0 Å². The molecule has 5 heteroatoms. The van der Waals surface area contributed by atoms with Crippen LogP contribution in [0.2, 0.25) is 0 Å². The van der Waals surface area contributed by atoms with E-state index in [4.69, 9.17) is 9.47 Å². The number of carbonyl (C=O) groups is 1. The van der Waals surface area contributed by atoms with Crippen molar-refractivity contribution in [2.75, 3.05) is 6.61 Å². The SMILES string of the molecule is C=C1C2=C(C)[C@@H](O)C[C@@]3(O)CC4([C@@H]5CO[C@@H]5C[C@H](C)[C@@]4(C)[C@@H]1OC(C)=O)[C@@]23C. The maximum Gasteiger partial charge on any atom is 0.303 e. The molecule has 4 fully saturated rings. The Morgan fingerprint density at radius 3 is 2.61 bits per heavy atom. The first kappa shape index (κ1) is 18.8. The summed E-state index contributed by atoms with van der Waals surface area (Å²) >= 11 is 0. The summed E-state index contributed by atoms with van der Waals surface area (Å²) in [6.45, 7) is 15.1. The van der Waals surface area contributed by atoms with E-state index in [0.717, 1.165) is 23.1 Å². The molecule has 4 aliphatic carbocycles. The first-order chi connectivity index (χ1) is 13.0. The Morgan fingerprint density at radius 1 is 1.36 bits per heavy atom. The third-order valence-electron chi connectivity index (χ3n) is 9.93. The van der Waals surface area contributed by atoms with Gasteiger partial charge in [0.25, 0.3) is 0 Å². The minimum absolute atomic E-state index is 0.196. The van der Waals surface area contributed by atoms with Crippen LogP contribution in [0.5, 0.6) is 0 Å². The predicted octanol–water partition coefficient (Wildman–Crippen LogP) is 2.76. The van der Waals surface area contributed by atoms with Crippen LogP contribution in [-0.4, -0.2) is 46.7 Å². The van der Waals surface area contributed by atoms with Crippen molar-refractivity contribution in [3.63, 3.8) is 0 Å². The lowest BCUT2D eigenvalue weighted by molar-refractivity contribution is -0.398. The molecule has 28 heavy (non-hydrogen) atoms. The zero-order valence-electron chi connectivity index (χ0n) is 17.5. The van der Waals surface area contributed by atoms with Crippen LogP contribution in [-0.2, 0) is 14.3 Å². The van der Waals surface area contributed by atoms with Crippen LogP contribution < -0.4 is 0 Å². The Morgan fingerprint density at radius 2 is 2.04 bits per heavy atom. The summed E-state index contributed by atoms with van der Waals surface area (Å²) in [4.78, 5) is 12.1. The number of hydrogen-bond acceptors (Lipinski definition) is 5. The molecule has 5 rings (SSSR count). The molecule has 3 saturated carbocycles. The summed E-state index contributed by atoms with van der Waals surface area (Å²) in [5.41, 5.74) is 0.489. The Bertz CT molecular complexity index is 831. The van der Waals surface area contributed by atoms with Gasteiger partial charge >= 0.3 is 5.97 Å². The van der Waals surface area contributed by atoms with Gasteiger partial charge in [0, 0.05) is 35.5 Å². The van der Waals surface area contributed by atoms with Gasteiger partial charge in [-0.1, -0.05) is 27.4 Å². The number of fused-ring (bicyclic) bond motifs is 1. The van der Waals surface area contributed by atoms with Crippen molar-refractivity contribution in [1.82, 2.24) is 0 Å². The van der Waals surface area contributed by atoms with Gasteiger partial charge in [0.05, 0.1) is 24.4 Å². The fourth-order valence-corrected chi connectivity index (χ4v) is 8.49. The Kier molecular flexibility index (Phi) is 3.44. The van der Waals surface area contributed by atoms with E-state index in [9.17, 15) is 15.0 Å². The van der Waals surface area contributed by atoms with E-state index in [1.807, 2.05) is 6.92 Å². The van der Waals surface area contributed by atoms with Crippen molar-refractivity contribution in [2.24, 2.45) is 28.1 Å². The second kappa shape index (κ2) is 5.11. The van der Waals surface area contributed by atoms with E-state index in [1.54, 1.807) is 0 Å². The highest BCUT2D eigenvalue weighted by molar-refractivity contribution is 5.68. The molecule has 1 saturated heterocycles. The smallest absolute Gasteiger partial charge is 0.303 e. The highest BCUT2D eigenvalue weighted by Gasteiger charge is 2.87. The molecule has 9 atom stereocenters. The third-order valence-corrected chi connectivity index (χ3v) is 9.93. The number of carbonyl (C=O) groups excluding carboxylic acids is 1. The van der Waals surface area contributed by atoms with Gasteiger partial charge < -0.3 is 19.7 Å². The van der Waals surface area contributed by atoms with Crippen LogP contribution in [0, 0.1) is 28.1 Å². The molecule has 0 aromatic carbocycles. The van der Waals surface area contributed by atoms with E-state index >= 15 is 0 Å². The van der Waals surface area contributed by atoms with Crippen LogP contribution in [0.4, 0.5) is 0 Å². The Hall–Kier alpha value is -1.17. The van der Waals surface area contributed by atoms with Crippen LogP contribution >= 0.6 is 0 Å². The average molecular weight is 389 g/mol. The number of aliphatic hydroxyl groups excluding tert-OH is 1. The van der Waals surface area contributed by atoms with Gasteiger partial charge in [0.15, 0.2) is 0 Å². The van der Waals surface area contributed by atoms with Gasteiger partial charge in [-0.3, -0.25) is 4.79 Å². The lowest BCUT2D eigenvalue weighted by atomic mass is 9.21. The second-order valence-electron chi connectivity index (χ2n) is 10.5. The number of rotatable bonds is 1. The fourth-order valence-electron chi connectivity index (χ4n) is 8.49. The molecular weight excluding hydrogens is 356 g/mol. The maximum atomic E-state index is 12.1. The van der Waals surface area contributed by atoms with Gasteiger partial charge in [-0.25, -0.2) is 0 Å². The van der Waals surface area contributed by atoms with Crippen molar-refractivity contribution in [1.29, 1.82) is 0 Å². The molecule has 1 spiro atoms. The van der Waals surface area contributed by atoms with Crippen molar-refractivity contribution < 1.29 is 24.5 Å². The number of hydrogen-bond donors (Lipinski definition) is 2. The van der Waals surface area contributed by atoms with Crippen LogP contribution in [0.3, 0.4) is 0 Å². The minimum Gasteiger partial charge on any atom is -0.457 e. The zero-order chi connectivity index (χ0) is 20.4. The lowest BCUT2D eigenvalue weighted by Gasteiger charge is -2.84. The van der Waals surface area contributed by atoms with Crippen molar-refractivity contribution >= 4 is 5.97 Å². The lowest BCUT2D eigenvalue weighted by Crippen LogP contribution is -2.86. The first-order valence-corrected chi connectivity index (χ1v) is 10.6. The molecule has 2 N–H and O–H groups in total. The summed E-state index contributed by atoms with van der Waals surface area (Å²) in [6, 6.07) is 0. The molecule has 154 valence electrons. The van der Waals surface area contributed by atoms with E-state index in [2.05, 4.69) is 27.4 Å². The molecule has 0 aromatic heterocycles. The molecule has 1 aliphatic heterocycles. The average Bonchev–Trinajstić information content (AvgIpc) is 2.58. The molecule has 1 unspecified atom stereocenters. The molecule has 0 bridgehead atoms. The molecule has 0 radical (unpaired) electrons. The van der Waals surface area contributed by atoms with E-state index < -0.39 is 23.2 Å². The van der Waals surface area contributed by atoms with Crippen molar-refractivity contribution in [2.45, 2.75) is 77.8 Å². The number of esters is 1. The van der Waals surface area contributed by atoms with Gasteiger partial charge in [-0.2, -0.15) is 0 Å². The van der Waals surface area contributed by atoms with Crippen molar-refractivity contribution in [3.05, 3.63) is 23.3 Å². The third kappa shape index (κ3) is 1.60. The van der Waals surface area contributed by atoms with E-state index in [-0.39, 0.29) is 28.8 Å². The monoisotopic (exact) mass is 388 g/mol. The van der Waals surface area contributed by atoms with Gasteiger partial charge in [0.2, 0.25) is 0 Å². The Balaban J connectivity index is 1.82. The predicted molar refractivity (Wildman–Crippen MR) is 103 cm³/mol. The van der Waals surface area contributed by atoms with Crippen LogP contribution in [0.15, 0.2) is 23.3 Å². The maximum absolute atomic E-state index is 12.1. The van der Waals surface area contributed by atoms with Crippen LogP contribution in [0.25, 0.3) is 0 Å². The highest BCUT2D eigenvalue weighted by Crippen LogP contribution is 2.86. The largest absolute Gasteiger partial charge is 0.457 e. The summed E-state index contributed by atoms with van der Waals surface area (Å²) in [6.07, 6.45) is 0.953. The highest BCUT2D eigenvalue weighted by atomic mass is 16.5. The molecular formula is C23H32O5. The van der Waals surface area contributed by atoms with Gasteiger partial charge in [-0.15, -0.1) is 0 Å². The zero-order valence-corrected chi connectivity index (χ0v) is 17.5. The summed E-state index contributed by atoms with van der Waals surface area (Å²) in [5.74, 6) is 0.267. The fraction of sp³-hybridized carbons (Fsp3) is 0.783. The first-order valence-electron chi connectivity index (χ1n) is 10.6. The molecule has 5 nitrogen and oxygen atoms in total. The quantitative estimate of drug-likeness (QED) is 0.676. The normalized spacial score (nSPS) is 56.7. The minimum atomic E-state index is -0.968. The number of ether oxygens (including phenoxy) is 2. The van der Waals surface area contributed by atoms with Gasteiger partial charge in [0.1, 0.15) is 6.10 Å². The molecule has 0 aromatic rings. The van der Waals surface area contributed by atoms with E-state index in [1.165, 1.54) is 6.92 Å². The second-order valence-corrected chi connectivity index (χ2v) is 10.5. The van der Waals surface area contributed by atoms with Crippen LogP contribution in [0.1, 0.15) is 53.9 Å². The van der Waals surface area contributed by atoms with E-state index in [0.29, 0.717) is 25.4 Å². The summed E-state index contributed by atoms with van der Waals surface area (Å²) in [5, 5.41) is 22.5. The summed E-state index contributed by atoms with van der Waals surface area (Å²) < 4.78 is 11.9. The summed E-state index contributed by atoms with van der Waals surface area (Å²) in [7, 11) is 0. The number of aliphatic hydroxyl groups is 2. The standard InChI is InChI=1S/C23H32O5/c1-11-7-17-15(9-27-17)23-10-22(26)8-16(25)12(2)18(21(22,23)6)13(3)19(20(11,23)5)28-14(4)24/h11,15-17,19,25-26H,3,7-10H2,1-2,4-6H3/t11-,15+,16-,17+,19+,20-,21-,22+,23?/m0/s1. The van der Waals surface area contributed by atoms with Gasteiger partial charge in [-0.05, 0) is 42.4 Å². The molecule has 5 aliphatic rings. The molecule has 0 amide bonds.